The quantitative estimate of drug-likeness (QED) is 0.744. The Morgan fingerprint density at radius 1 is 1.07 bits per heavy atom. The van der Waals surface area contributed by atoms with Crippen LogP contribution in [-0.2, 0) is 20.7 Å². The molecule has 1 atom stereocenters. The van der Waals surface area contributed by atoms with E-state index >= 15 is 0 Å². The van der Waals surface area contributed by atoms with Gasteiger partial charge in [0.25, 0.3) is 0 Å². The molecule has 1 heterocycles. The first kappa shape index (κ1) is 18.5. The van der Waals surface area contributed by atoms with Gasteiger partial charge in [0.2, 0.25) is 0 Å². The number of nitrogens with one attached hydrogen (secondary N) is 1. The number of esters is 1. The molecule has 4 nitrogen and oxygen atoms in total. The summed E-state index contributed by atoms with van der Waals surface area (Å²) in [6, 6.07) is 12.2. The third-order valence-corrected chi connectivity index (χ3v) is 5.38. The Hall–Kier alpha value is -2.88. The van der Waals surface area contributed by atoms with Gasteiger partial charge in [-0.05, 0) is 56.5 Å². The van der Waals surface area contributed by atoms with Gasteiger partial charge in [-0.2, -0.15) is 0 Å². The third-order valence-electron chi connectivity index (χ3n) is 5.38. The number of fused-ring (bicyclic) bond motifs is 5. The van der Waals surface area contributed by atoms with Crippen LogP contribution >= 0.6 is 0 Å². The predicted octanol–water partition coefficient (Wildman–Crippen LogP) is 4.54. The van der Waals surface area contributed by atoms with Crippen LogP contribution in [0.1, 0.15) is 51.7 Å². The number of Topliss-reactive ketones (excluding diaryl/α,β-unsaturated/α-hetero) is 1. The molecule has 0 aromatic heterocycles. The van der Waals surface area contributed by atoms with Crippen molar-refractivity contribution in [3.63, 3.8) is 0 Å². The summed E-state index contributed by atoms with van der Waals surface area (Å²) in [5.41, 5.74) is 4.19. The molecule has 0 saturated heterocycles. The second-order valence-corrected chi connectivity index (χ2v) is 8.60. The first-order valence-electron chi connectivity index (χ1n) is 9.63. The molecule has 0 bridgehead atoms. The van der Waals surface area contributed by atoms with Crippen molar-refractivity contribution in [1.82, 2.24) is 5.32 Å². The second-order valence-electron chi connectivity index (χ2n) is 8.60. The lowest BCUT2D eigenvalue weighted by molar-refractivity contribution is -0.150. The molecule has 2 aromatic carbocycles. The van der Waals surface area contributed by atoms with Gasteiger partial charge in [0.15, 0.2) is 5.78 Å². The second kappa shape index (κ2) is 6.33. The number of hydrogen-bond acceptors (Lipinski definition) is 4. The lowest BCUT2D eigenvalue weighted by Crippen LogP contribution is -2.37. The molecule has 0 spiro atoms. The molecule has 1 N–H and O–H groups in total. The average Bonchev–Trinajstić information content (AvgIpc) is 2.59. The Balaban J connectivity index is 1.99. The highest BCUT2D eigenvalue weighted by Gasteiger charge is 2.42. The minimum Gasteiger partial charge on any atom is -0.457 e. The van der Waals surface area contributed by atoms with E-state index in [4.69, 9.17) is 4.74 Å². The Morgan fingerprint density at radius 2 is 1.79 bits per heavy atom. The summed E-state index contributed by atoms with van der Waals surface area (Å²) in [4.78, 5) is 26.2. The fourth-order valence-corrected chi connectivity index (χ4v) is 4.36. The molecule has 0 radical (unpaired) electrons. The standard InChI is InChI=1S/C24H25NO3/c1-13-19-18(26)12-16-11-10-15-8-6-7-9-17(15)21(16)22(19)20(14(2)25-13)23(27)28-24(3,4)5/h6-11,22,25H,12H2,1-5H3. The van der Waals surface area contributed by atoms with Crippen molar-refractivity contribution in [2.24, 2.45) is 0 Å². The first-order valence-corrected chi connectivity index (χ1v) is 9.63. The largest absolute Gasteiger partial charge is 0.457 e. The van der Waals surface area contributed by atoms with E-state index < -0.39 is 11.5 Å². The van der Waals surface area contributed by atoms with Gasteiger partial charge >= 0.3 is 5.97 Å². The Labute approximate surface area is 165 Å². The van der Waals surface area contributed by atoms with Gasteiger partial charge in [0.05, 0.1) is 5.57 Å². The summed E-state index contributed by atoms with van der Waals surface area (Å²) in [6.07, 6.45) is 0.353. The fraction of sp³-hybridized carbons (Fsp3) is 0.333. The van der Waals surface area contributed by atoms with E-state index in [1.807, 2.05) is 58.9 Å². The number of carbonyl (C=O) groups excluding carboxylic acids is 2. The summed E-state index contributed by atoms with van der Waals surface area (Å²) in [5, 5.41) is 5.43. The zero-order valence-electron chi connectivity index (χ0n) is 17.0. The van der Waals surface area contributed by atoms with Crippen LogP contribution in [-0.4, -0.2) is 17.4 Å². The van der Waals surface area contributed by atoms with Gasteiger partial charge in [0.1, 0.15) is 5.60 Å². The number of dihydropyridines is 1. The van der Waals surface area contributed by atoms with Crippen molar-refractivity contribution >= 4 is 22.5 Å². The lowest BCUT2D eigenvalue weighted by Gasteiger charge is -2.36. The first-order chi connectivity index (χ1) is 13.2. The van der Waals surface area contributed by atoms with Crippen molar-refractivity contribution < 1.29 is 14.3 Å². The maximum atomic E-state index is 13.2. The highest BCUT2D eigenvalue weighted by Crippen LogP contribution is 2.46. The number of ether oxygens (including phenoxy) is 1. The van der Waals surface area contributed by atoms with E-state index in [1.165, 1.54) is 0 Å². The molecule has 0 amide bonds. The minimum atomic E-state index is -0.610. The fourth-order valence-electron chi connectivity index (χ4n) is 4.36. The van der Waals surface area contributed by atoms with E-state index in [0.717, 1.165) is 33.3 Å². The number of allylic oxidation sites excluding steroid dienone is 3. The zero-order valence-corrected chi connectivity index (χ0v) is 17.0. The van der Waals surface area contributed by atoms with E-state index in [2.05, 4.69) is 17.4 Å². The van der Waals surface area contributed by atoms with E-state index in [-0.39, 0.29) is 11.8 Å². The van der Waals surface area contributed by atoms with Crippen LogP contribution in [0.25, 0.3) is 10.8 Å². The topological polar surface area (TPSA) is 55.4 Å². The van der Waals surface area contributed by atoms with Crippen LogP contribution < -0.4 is 5.32 Å². The number of hydrogen-bond donors (Lipinski definition) is 1. The van der Waals surface area contributed by atoms with Gasteiger partial charge < -0.3 is 10.1 Å². The van der Waals surface area contributed by atoms with Gasteiger partial charge in [-0.25, -0.2) is 4.79 Å². The van der Waals surface area contributed by atoms with Gasteiger partial charge in [-0.15, -0.1) is 0 Å². The van der Waals surface area contributed by atoms with Crippen molar-refractivity contribution in [3.8, 4) is 0 Å². The summed E-state index contributed by atoms with van der Waals surface area (Å²) < 4.78 is 5.72. The Morgan fingerprint density at radius 3 is 2.50 bits per heavy atom. The predicted molar refractivity (Wildman–Crippen MR) is 110 cm³/mol. The monoisotopic (exact) mass is 375 g/mol. The van der Waals surface area contributed by atoms with Gasteiger partial charge in [-0.3, -0.25) is 4.79 Å². The number of ketones is 1. The maximum absolute atomic E-state index is 13.2. The Bertz CT molecular complexity index is 1080. The summed E-state index contributed by atoms with van der Waals surface area (Å²) in [6.45, 7) is 9.35. The van der Waals surface area contributed by atoms with Crippen LogP contribution in [0.4, 0.5) is 0 Å². The SMILES string of the molecule is CC1=C2C(=O)Cc3ccc4ccccc4c3C2C(C(=O)OC(C)(C)C)=C(C)N1. The summed E-state index contributed by atoms with van der Waals surface area (Å²) >= 11 is 0. The maximum Gasteiger partial charge on any atom is 0.337 e. The highest BCUT2D eigenvalue weighted by molar-refractivity contribution is 6.08. The molecule has 1 aliphatic heterocycles. The molecule has 2 aliphatic rings. The van der Waals surface area contributed by atoms with Crippen molar-refractivity contribution in [2.45, 2.75) is 52.6 Å². The van der Waals surface area contributed by atoms with Crippen LogP contribution in [0, 0.1) is 0 Å². The summed E-state index contributed by atoms with van der Waals surface area (Å²) in [5.74, 6) is -0.717. The molecule has 144 valence electrons. The smallest absolute Gasteiger partial charge is 0.337 e. The Kier molecular flexibility index (Phi) is 4.18. The normalized spacial score (nSPS) is 19.3. The molecular formula is C24H25NO3. The van der Waals surface area contributed by atoms with Crippen LogP contribution in [0.3, 0.4) is 0 Å². The van der Waals surface area contributed by atoms with E-state index in [9.17, 15) is 9.59 Å². The molecule has 1 unspecified atom stereocenters. The zero-order chi connectivity index (χ0) is 20.2. The van der Waals surface area contributed by atoms with Gasteiger partial charge in [-0.1, -0.05) is 36.4 Å². The minimum absolute atomic E-state index is 0.0614. The number of carbonyl (C=O) groups is 2. The van der Waals surface area contributed by atoms with E-state index in [0.29, 0.717) is 17.6 Å². The lowest BCUT2D eigenvalue weighted by atomic mass is 9.70. The van der Waals surface area contributed by atoms with Crippen molar-refractivity contribution in [3.05, 3.63) is 70.1 Å². The third kappa shape index (κ3) is 2.93. The van der Waals surface area contributed by atoms with Crippen molar-refractivity contribution in [2.75, 3.05) is 0 Å². The molecule has 28 heavy (non-hydrogen) atoms. The molecule has 0 fully saturated rings. The molecule has 4 heteroatoms. The van der Waals surface area contributed by atoms with Gasteiger partial charge in [0, 0.05) is 29.3 Å². The van der Waals surface area contributed by atoms with Crippen LogP contribution in [0.5, 0.6) is 0 Å². The van der Waals surface area contributed by atoms with Crippen molar-refractivity contribution in [1.29, 1.82) is 0 Å². The van der Waals surface area contributed by atoms with E-state index in [1.54, 1.807) is 0 Å². The molecule has 1 aliphatic carbocycles. The number of rotatable bonds is 1. The molecule has 4 rings (SSSR count). The molecular weight excluding hydrogens is 350 g/mol. The molecule has 2 aromatic rings. The van der Waals surface area contributed by atoms with Crippen LogP contribution in [0.2, 0.25) is 0 Å². The van der Waals surface area contributed by atoms with Crippen LogP contribution in [0.15, 0.2) is 58.9 Å². The highest BCUT2D eigenvalue weighted by atomic mass is 16.6. The summed E-state index contributed by atoms with van der Waals surface area (Å²) in [7, 11) is 0. The average molecular weight is 375 g/mol. The molecule has 0 saturated carbocycles. The number of benzene rings is 2.